The number of nitrogens with zero attached hydrogens (tertiary/aromatic N) is 2. The number of hydrogen-bond donors (Lipinski definition) is 3. The van der Waals surface area contributed by atoms with Gasteiger partial charge < -0.3 is 16.0 Å². The molecule has 2 aromatic rings. The topological polar surface area (TPSA) is 88.1 Å². The van der Waals surface area contributed by atoms with E-state index in [1.165, 1.54) is 0 Å². The minimum atomic E-state index is -0.288. The van der Waals surface area contributed by atoms with Gasteiger partial charge in [-0.05, 0) is 49.6 Å². The Labute approximate surface area is 154 Å². The lowest BCUT2D eigenvalue weighted by Crippen LogP contribution is -2.33. The lowest BCUT2D eigenvalue weighted by atomic mass is 10.1. The van der Waals surface area contributed by atoms with Crippen molar-refractivity contribution in [3.63, 3.8) is 0 Å². The molecular formula is C19H27N5O2. The van der Waals surface area contributed by atoms with Crippen molar-refractivity contribution >= 4 is 17.6 Å². The highest BCUT2D eigenvalue weighted by atomic mass is 16.2. The van der Waals surface area contributed by atoms with Gasteiger partial charge in [-0.1, -0.05) is 13.8 Å². The molecule has 1 aromatic heterocycles. The van der Waals surface area contributed by atoms with Crippen LogP contribution in [0.2, 0.25) is 0 Å². The van der Waals surface area contributed by atoms with Gasteiger partial charge in [0.2, 0.25) is 0 Å². The summed E-state index contributed by atoms with van der Waals surface area (Å²) in [7, 11) is 1.85. The van der Waals surface area contributed by atoms with E-state index in [1.807, 2.05) is 33.9 Å². The van der Waals surface area contributed by atoms with Gasteiger partial charge in [0.1, 0.15) is 0 Å². The molecule has 0 aliphatic rings. The smallest absolute Gasteiger partial charge is 0.319 e. The molecule has 0 saturated heterocycles. The summed E-state index contributed by atoms with van der Waals surface area (Å²) in [6.07, 6.45) is 3.35. The second-order valence-corrected chi connectivity index (χ2v) is 6.22. The summed E-state index contributed by atoms with van der Waals surface area (Å²) in [5, 5.41) is 12.8. The van der Waals surface area contributed by atoms with Crippen LogP contribution in [0.5, 0.6) is 0 Å². The van der Waals surface area contributed by atoms with Crippen LogP contribution in [0.25, 0.3) is 0 Å². The van der Waals surface area contributed by atoms with Gasteiger partial charge >= 0.3 is 6.03 Å². The summed E-state index contributed by atoms with van der Waals surface area (Å²) in [5.74, 6) is -0.104. The van der Waals surface area contributed by atoms with E-state index in [2.05, 4.69) is 21.0 Å². The van der Waals surface area contributed by atoms with Crippen molar-refractivity contribution in [2.45, 2.75) is 39.7 Å². The maximum Gasteiger partial charge on any atom is 0.319 e. The Kier molecular flexibility index (Phi) is 6.77. The van der Waals surface area contributed by atoms with Crippen LogP contribution in [-0.2, 0) is 7.05 Å². The first-order chi connectivity index (χ1) is 12.5. The van der Waals surface area contributed by atoms with Crippen LogP contribution in [0.3, 0.4) is 0 Å². The van der Waals surface area contributed by atoms with Crippen molar-refractivity contribution in [3.05, 3.63) is 47.3 Å². The minimum Gasteiger partial charge on any atom is -0.352 e. The maximum absolute atomic E-state index is 12.4. The third-order valence-electron chi connectivity index (χ3n) is 4.20. The lowest BCUT2D eigenvalue weighted by Gasteiger charge is -2.18. The first kappa shape index (κ1) is 19.5. The summed E-state index contributed by atoms with van der Waals surface area (Å²) in [5.41, 5.74) is 3.04. The number of amides is 3. The van der Waals surface area contributed by atoms with Gasteiger partial charge in [-0.15, -0.1) is 0 Å². The maximum atomic E-state index is 12.4. The number of aryl methyl sites for hydroxylation is 2. The molecule has 0 fully saturated rings. The molecular weight excluding hydrogens is 330 g/mol. The number of urea groups is 1. The molecule has 0 bridgehead atoms. The minimum absolute atomic E-state index is 0.104. The number of hydrogen-bond acceptors (Lipinski definition) is 3. The first-order valence-corrected chi connectivity index (χ1v) is 8.90. The molecule has 0 unspecified atom stereocenters. The molecule has 3 N–H and O–H groups in total. The van der Waals surface area contributed by atoms with Crippen LogP contribution in [-0.4, -0.2) is 28.3 Å². The van der Waals surface area contributed by atoms with E-state index in [4.69, 9.17) is 0 Å². The Bertz CT molecular complexity index is 769. The molecule has 0 radical (unpaired) electrons. The predicted octanol–water partition coefficient (Wildman–Crippen LogP) is 3.14. The fraction of sp³-hybridized carbons (Fsp3) is 0.421. The molecule has 0 aliphatic carbocycles. The van der Waals surface area contributed by atoms with E-state index >= 15 is 0 Å². The normalized spacial score (nSPS) is 11.7. The Hall–Kier alpha value is -2.83. The number of rotatable bonds is 7. The molecule has 1 atom stereocenters. The fourth-order valence-corrected chi connectivity index (χ4v) is 2.71. The summed E-state index contributed by atoms with van der Waals surface area (Å²) >= 11 is 0. The molecule has 26 heavy (non-hydrogen) atoms. The number of carbonyl (C=O) groups is 2. The quantitative estimate of drug-likeness (QED) is 0.711. The van der Waals surface area contributed by atoms with Crippen molar-refractivity contribution in [1.82, 2.24) is 20.4 Å². The van der Waals surface area contributed by atoms with Gasteiger partial charge in [-0.3, -0.25) is 9.48 Å². The second-order valence-electron chi connectivity index (χ2n) is 6.22. The number of carbonyl (C=O) groups excluding carboxylic acids is 2. The van der Waals surface area contributed by atoms with E-state index < -0.39 is 0 Å². The van der Waals surface area contributed by atoms with Gasteiger partial charge in [0.15, 0.2) is 0 Å². The predicted molar refractivity (Wildman–Crippen MR) is 102 cm³/mol. The summed E-state index contributed by atoms with van der Waals surface area (Å²) in [6.45, 7) is 6.52. The summed E-state index contributed by atoms with van der Waals surface area (Å²) in [6, 6.07) is 6.72. The van der Waals surface area contributed by atoms with Crippen LogP contribution in [0.1, 0.15) is 54.3 Å². The molecule has 3 amide bonds. The molecule has 0 spiro atoms. The zero-order valence-corrected chi connectivity index (χ0v) is 15.8. The van der Waals surface area contributed by atoms with Gasteiger partial charge in [-0.2, -0.15) is 5.10 Å². The van der Waals surface area contributed by atoms with E-state index in [0.717, 1.165) is 24.1 Å². The highest BCUT2D eigenvalue weighted by molar-refractivity contribution is 5.96. The molecule has 0 saturated carbocycles. The van der Waals surface area contributed by atoms with Crippen molar-refractivity contribution in [2.75, 3.05) is 11.9 Å². The molecule has 1 aromatic carbocycles. The Balaban J connectivity index is 2.02. The average Bonchev–Trinajstić information content (AvgIpc) is 3.05. The monoisotopic (exact) mass is 357 g/mol. The number of aromatic nitrogens is 2. The van der Waals surface area contributed by atoms with Crippen molar-refractivity contribution < 1.29 is 9.59 Å². The van der Waals surface area contributed by atoms with Crippen molar-refractivity contribution in [2.24, 2.45) is 7.05 Å². The molecule has 1 heterocycles. The summed E-state index contributed by atoms with van der Waals surface area (Å²) < 4.78 is 1.75. The molecule has 2 rings (SSSR count). The average molecular weight is 357 g/mol. The van der Waals surface area contributed by atoms with Gasteiger partial charge in [0, 0.05) is 31.0 Å². The zero-order chi connectivity index (χ0) is 19.1. The molecule has 7 heteroatoms. The fourth-order valence-electron chi connectivity index (χ4n) is 2.71. The standard InChI is InChI=1S/C19H27N5O2/c1-5-10-20-18(25)14-7-8-16(13(3)12-14)23-19(26)22-15(6-2)17-9-11-21-24(17)4/h7-9,11-12,15H,5-6,10H2,1-4H3,(H,20,25)(H2,22,23,26)/t15-/m1/s1. The van der Waals surface area contributed by atoms with Crippen LogP contribution >= 0.6 is 0 Å². The van der Waals surface area contributed by atoms with E-state index in [-0.39, 0.29) is 18.0 Å². The van der Waals surface area contributed by atoms with E-state index in [9.17, 15) is 9.59 Å². The third-order valence-corrected chi connectivity index (χ3v) is 4.20. The Morgan fingerprint density at radius 3 is 2.58 bits per heavy atom. The van der Waals surface area contributed by atoms with Crippen LogP contribution in [0.15, 0.2) is 30.5 Å². The SMILES string of the molecule is CCCNC(=O)c1ccc(NC(=O)N[C@H](CC)c2ccnn2C)c(C)c1. The van der Waals surface area contributed by atoms with Crippen molar-refractivity contribution in [3.8, 4) is 0 Å². The van der Waals surface area contributed by atoms with Gasteiger partial charge in [0.25, 0.3) is 5.91 Å². The van der Waals surface area contributed by atoms with Crippen LogP contribution < -0.4 is 16.0 Å². The third kappa shape index (κ3) is 4.84. The largest absolute Gasteiger partial charge is 0.352 e. The van der Waals surface area contributed by atoms with E-state index in [1.54, 1.807) is 29.1 Å². The number of nitrogens with one attached hydrogen (secondary N) is 3. The van der Waals surface area contributed by atoms with Crippen LogP contribution in [0, 0.1) is 6.92 Å². The number of anilines is 1. The van der Waals surface area contributed by atoms with Crippen LogP contribution in [0.4, 0.5) is 10.5 Å². The van der Waals surface area contributed by atoms with Crippen molar-refractivity contribution in [1.29, 1.82) is 0 Å². The summed E-state index contributed by atoms with van der Waals surface area (Å²) in [4.78, 5) is 24.4. The zero-order valence-electron chi connectivity index (χ0n) is 15.8. The Morgan fingerprint density at radius 1 is 1.23 bits per heavy atom. The molecule has 0 aliphatic heterocycles. The molecule has 7 nitrogen and oxygen atoms in total. The Morgan fingerprint density at radius 2 is 2.00 bits per heavy atom. The number of benzene rings is 1. The molecule has 140 valence electrons. The van der Waals surface area contributed by atoms with E-state index in [0.29, 0.717) is 17.8 Å². The van der Waals surface area contributed by atoms with Gasteiger partial charge in [-0.25, -0.2) is 4.79 Å². The first-order valence-electron chi connectivity index (χ1n) is 8.90. The second kappa shape index (κ2) is 9.03. The lowest BCUT2D eigenvalue weighted by molar-refractivity contribution is 0.0953. The highest BCUT2D eigenvalue weighted by Crippen LogP contribution is 2.18. The highest BCUT2D eigenvalue weighted by Gasteiger charge is 2.16. The van der Waals surface area contributed by atoms with Gasteiger partial charge in [0.05, 0.1) is 11.7 Å².